The van der Waals surface area contributed by atoms with Crippen molar-refractivity contribution in [2.75, 3.05) is 5.75 Å². The fourth-order valence-electron chi connectivity index (χ4n) is 3.03. The molecule has 1 aromatic heterocycles. The van der Waals surface area contributed by atoms with Crippen LogP contribution >= 0.6 is 0 Å². The molecule has 3 aromatic rings. The molecule has 9 heteroatoms. The third kappa shape index (κ3) is 2.97. The van der Waals surface area contributed by atoms with Gasteiger partial charge in [0.05, 0.1) is 22.4 Å². The van der Waals surface area contributed by atoms with Gasteiger partial charge in [-0.2, -0.15) is 0 Å². The molecule has 1 aliphatic heterocycles. The first kappa shape index (κ1) is 16.4. The van der Waals surface area contributed by atoms with Crippen LogP contribution < -0.4 is 5.32 Å². The van der Waals surface area contributed by atoms with Gasteiger partial charge in [-0.15, -0.1) is 5.10 Å². The Morgan fingerprint density at radius 3 is 2.62 bits per heavy atom. The van der Waals surface area contributed by atoms with E-state index in [9.17, 15) is 13.2 Å². The monoisotopic (exact) mass is 369 g/mol. The Bertz CT molecular complexity index is 1050. The largest absolute Gasteiger partial charge is 0.345 e. The number of rotatable bonds is 3. The summed E-state index contributed by atoms with van der Waals surface area (Å²) in [5.74, 6) is -0.236. The molecule has 0 saturated heterocycles. The van der Waals surface area contributed by atoms with Crippen molar-refractivity contribution in [1.82, 2.24) is 25.5 Å². The number of hydrogen-bond acceptors (Lipinski definition) is 6. The van der Waals surface area contributed by atoms with E-state index in [0.717, 1.165) is 5.69 Å². The van der Waals surface area contributed by atoms with E-state index < -0.39 is 9.84 Å². The van der Waals surface area contributed by atoms with Crippen molar-refractivity contribution in [2.24, 2.45) is 0 Å². The zero-order valence-electron chi connectivity index (χ0n) is 13.6. The van der Waals surface area contributed by atoms with Crippen molar-refractivity contribution in [3.8, 4) is 5.69 Å². The van der Waals surface area contributed by atoms with Gasteiger partial charge in [0.1, 0.15) is 6.33 Å². The second kappa shape index (κ2) is 6.34. The highest BCUT2D eigenvalue weighted by Crippen LogP contribution is 2.32. The van der Waals surface area contributed by atoms with Gasteiger partial charge in [0, 0.05) is 5.56 Å². The molecule has 2 aromatic carbocycles. The van der Waals surface area contributed by atoms with Crippen LogP contribution in [0.15, 0.2) is 59.8 Å². The first-order valence-electron chi connectivity index (χ1n) is 8.00. The van der Waals surface area contributed by atoms with E-state index >= 15 is 0 Å². The summed E-state index contributed by atoms with van der Waals surface area (Å²) in [7, 11) is -3.28. The Labute approximate surface area is 149 Å². The van der Waals surface area contributed by atoms with Crippen LogP contribution in [0.3, 0.4) is 0 Å². The number of hydrogen-bond donors (Lipinski definition) is 1. The molecule has 8 nitrogen and oxygen atoms in total. The zero-order valence-corrected chi connectivity index (χ0v) is 14.4. The lowest BCUT2D eigenvalue weighted by molar-refractivity contribution is 0.0934. The minimum absolute atomic E-state index is 0.0210. The number of tetrazole rings is 1. The van der Waals surface area contributed by atoms with Crippen LogP contribution in [0.4, 0.5) is 0 Å². The van der Waals surface area contributed by atoms with Crippen LogP contribution in [0.2, 0.25) is 0 Å². The average Bonchev–Trinajstić information content (AvgIpc) is 3.19. The van der Waals surface area contributed by atoms with Crippen molar-refractivity contribution in [1.29, 1.82) is 0 Å². The van der Waals surface area contributed by atoms with Gasteiger partial charge in [0.15, 0.2) is 9.84 Å². The van der Waals surface area contributed by atoms with E-state index in [-0.39, 0.29) is 17.7 Å². The van der Waals surface area contributed by atoms with Gasteiger partial charge in [-0.3, -0.25) is 4.79 Å². The first-order chi connectivity index (χ1) is 12.5. The maximum absolute atomic E-state index is 12.6. The van der Waals surface area contributed by atoms with Gasteiger partial charge in [-0.25, -0.2) is 13.1 Å². The van der Waals surface area contributed by atoms with Crippen LogP contribution in [0.5, 0.6) is 0 Å². The quantitative estimate of drug-likeness (QED) is 0.746. The van der Waals surface area contributed by atoms with E-state index in [4.69, 9.17) is 0 Å². The number of carbonyl (C=O) groups is 1. The lowest BCUT2D eigenvalue weighted by Crippen LogP contribution is -2.33. The number of sulfone groups is 1. The smallest absolute Gasteiger partial charge is 0.251 e. The second-order valence-electron chi connectivity index (χ2n) is 5.97. The van der Waals surface area contributed by atoms with Gasteiger partial charge in [-0.05, 0) is 52.7 Å². The van der Waals surface area contributed by atoms with Gasteiger partial charge in [-0.1, -0.05) is 18.2 Å². The molecular formula is C17H15N5O3S. The average molecular weight is 369 g/mol. The van der Waals surface area contributed by atoms with Crippen molar-refractivity contribution in [3.05, 3.63) is 66.0 Å². The third-order valence-electron chi connectivity index (χ3n) is 4.35. The zero-order chi connectivity index (χ0) is 18.1. The summed E-state index contributed by atoms with van der Waals surface area (Å²) >= 11 is 0. The van der Waals surface area contributed by atoms with E-state index in [2.05, 4.69) is 20.8 Å². The number of nitrogens with zero attached hydrogens (tertiary/aromatic N) is 4. The molecular weight excluding hydrogens is 354 g/mol. The topological polar surface area (TPSA) is 107 Å². The summed E-state index contributed by atoms with van der Waals surface area (Å²) in [4.78, 5) is 12.9. The highest BCUT2D eigenvalue weighted by Gasteiger charge is 2.30. The second-order valence-corrected chi connectivity index (χ2v) is 8.05. The van der Waals surface area contributed by atoms with E-state index in [1.54, 1.807) is 48.5 Å². The Kier molecular flexibility index (Phi) is 4.00. The SMILES string of the molecule is O=C(NC1CCS(=O)(=O)c2ccccc21)c1ccc(-n2cnnn2)cc1. The number of nitrogens with one attached hydrogen (secondary N) is 1. The van der Waals surface area contributed by atoms with Crippen molar-refractivity contribution >= 4 is 15.7 Å². The molecule has 0 fully saturated rings. The molecule has 1 amide bonds. The minimum atomic E-state index is -3.28. The summed E-state index contributed by atoms with van der Waals surface area (Å²) in [6, 6.07) is 13.3. The van der Waals surface area contributed by atoms with Crippen molar-refractivity contribution in [2.45, 2.75) is 17.4 Å². The Morgan fingerprint density at radius 2 is 1.88 bits per heavy atom. The number of amides is 1. The van der Waals surface area contributed by atoms with Gasteiger partial charge in [0.25, 0.3) is 5.91 Å². The molecule has 132 valence electrons. The summed E-state index contributed by atoms with van der Waals surface area (Å²) < 4.78 is 25.9. The summed E-state index contributed by atoms with van der Waals surface area (Å²) in [6.45, 7) is 0. The van der Waals surface area contributed by atoms with Crippen LogP contribution in [0, 0.1) is 0 Å². The van der Waals surface area contributed by atoms with Gasteiger partial charge < -0.3 is 5.32 Å². The van der Waals surface area contributed by atoms with Crippen LogP contribution in [-0.2, 0) is 9.84 Å². The molecule has 0 spiro atoms. The molecule has 0 saturated carbocycles. The molecule has 1 atom stereocenters. The lowest BCUT2D eigenvalue weighted by atomic mass is 10.0. The predicted octanol–water partition coefficient (Wildman–Crippen LogP) is 1.31. The molecule has 2 heterocycles. The lowest BCUT2D eigenvalue weighted by Gasteiger charge is -2.26. The van der Waals surface area contributed by atoms with E-state index in [1.165, 1.54) is 11.0 Å². The minimum Gasteiger partial charge on any atom is -0.345 e. The highest BCUT2D eigenvalue weighted by atomic mass is 32.2. The predicted molar refractivity (Wildman–Crippen MR) is 92.5 cm³/mol. The maximum atomic E-state index is 12.6. The van der Waals surface area contributed by atoms with Crippen LogP contribution in [0.25, 0.3) is 5.69 Å². The molecule has 4 rings (SSSR count). The van der Waals surface area contributed by atoms with Gasteiger partial charge >= 0.3 is 0 Å². The molecule has 0 aliphatic carbocycles. The molecule has 26 heavy (non-hydrogen) atoms. The number of benzene rings is 2. The molecule has 1 unspecified atom stereocenters. The number of carbonyl (C=O) groups excluding carboxylic acids is 1. The summed E-state index contributed by atoms with van der Waals surface area (Å²) in [6.07, 6.45) is 1.82. The molecule has 0 bridgehead atoms. The Balaban J connectivity index is 1.55. The summed E-state index contributed by atoms with van der Waals surface area (Å²) in [5.41, 5.74) is 1.85. The number of aromatic nitrogens is 4. The van der Waals surface area contributed by atoms with Gasteiger partial charge in [0.2, 0.25) is 0 Å². The number of fused-ring (bicyclic) bond motifs is 1. The van der Waals surface area contributed by atoms with Crippen LogP contribution in [0.1, 0.15) is 28.4 Å². The molecule has 0 radical (unpaired) electrons. The highest BCUT2D eigenvalue weighted by molar-refractivity contribution is 7.91. The van der Waals surface area contributed by atoms with E-state index in [0.29, 0.717) is 22.4 Å². The van der Waals surface area contributed by atoms with Crippen molar-refractivity contribution in [3.63, 3.8) is 0 Å². The molecule has 1 aliphatic rings. The van der Waals surface area contributed by atoms with Crippen molar-refractivity contribution < 1.29 is 13.2 Å². The van der Waals surface area contributed by atoms with Crippen LogP contribution in [-0.4, -0.2) is 40.3 Å². The first-order valence-corrected chi connectivity index (χ1v) is 9.66. The normalized spacial score (nSPS) is 18.1. The maximum Gasteiger partial charge on any atom is 0.251 e. The standard InChI is InChI=1S/C17H15N5O3S/c23-17(12-5-7-13(8-6-12)22-11-18-20-21-22)19-15-9-10-26(24,25)16-4-2-1-3-14(15)16/h1-8,11,15H,9-10H2,(H,19,23). The summed E-state index contributed by atoms with van der Waals surface area (Å²) in [5, 5.41) is 13.9. The fraction of sp³-hybridized carbons (Fsp3) is 0.176. The molecule has 1 N–H and O–H groups in total. The Hall–Kier alpha value is -3.07. The fourth-order valence-corrected chi connectivity index (χ4v) is 4.65. The Morgan fingerprint density at radius 1 is 1.12 bits per heavy atom. The van der Waals surface area contributed by atoms with E-state index in [1.807, 2.05) is 0 Å². The third-order valence-corrected chi connectivity index (χ3v) is 6.17.